The van der Waals surface area contributed by atoms with Crippen molar-refractivity contribution in [3.8, 4) is 0 Å². The number of thiazole rings is 1. The first-order chi connectivity index (χ1) is 9.63. The zero-order chi connectivity index (χ0) is 14.1. The van der Waals surface area contributed by atoms with Crippen molar-refractivity contribution in [3.05, 3.63) is 50.5 Å². The minimum Gasteiger partial charge on any atom is -0.305 e. The maximum Gasteiger partial charge on any atom is 0.0900 e. The summed E-state index contributed by atoms with van der Waals surface area (Å²) in [6.45, 7) is 7.35. The lowest BCUT2D eigenvalue weighted by Gasteiger charge is -2.13. The normalized spacial score (nSPS) is 15.3. The summed E-state index contributed by atoms with van der Waals surface area (Å²) in [6, 6.07) is 7.34. The van der Waals surface area contributed by atoms with Crippen LogP contribution >= 0.6 is 11.3 Å². The number of fused-ring (bicyclic) bond motifs is 1. The molecule has 106 valence electrons. The highest BCUT2D eigenvalue weighted by Crippen LogP contribution is 2.26. The Kier molecular flexibility index (Phi) is 3.90. The Hall–Kier alpha value is -1.19. The van der Waals surface area contributed by atoms with Crippen LogP contribution in [0, 0.1) is 13.8 Å². The molecule has 2 nitrogen and oxygen atoms in total. The monoisotopic (exact) mass is 286 g/mol. The second kappa shape index (κ2) is 5.66. The number of nitrogens with zero attached hydrogens (tertiary/aromatic N) is 1. The summed E-state index contributed by atoms with van der Waals surface area (Å²) in [5.41, 5.74) is 5.68. The van der Waals surface area contributed by atoms with Crippen LogP contribution in [0.15, 0.2) is 18.2 Å². The fourth-order valence-electron chi connectivity index (χ4n) is 3.05. The van der Waals surface area contributed by atoms with Crippen LogP contribution in [0.5, 0.6) is 0 Å². The van der Waals surface area contributed by atoms with Crippen LogP contribution < -0.4 is 5.32 Å². The summed E-state index contributed by atoms with van der Waals surface area (Å²) >= 11 is 1.80. The quantitative estimate of drug-likeness (QED) is 0.915. The number of aromatic nitrogens is 1. The van der Waals surface area contributed by atoms with Crippen molar-refractivity contribution < 1.29 is 0 Å². The average Bonchev–Trinajstić information content (AvgIpc) is 3.01. The van der Waals surface area contributed by atoms with Crippen LogP contribution in [0.2, 0.25) is 0 Å². The van der Waals surface area contributed by atoms with Crippen LogP contribution in [-0.2, 0) is 19.4 Å². The summed E-state index contributed by atoms with van der Waals surface area (Å²) < 4.78 is 0. The largest absolute Gasteiger partial charge is 0.305 e. The van der Waals surface area contributed by atoms with Gasteiger partial charge in [0.05, 0.1) is 10.7 Å². The van der Waals surface area contributed by atoms with E-state index in [-0.39, 0.29) is 0 Å². The summed E-state index contributed by atoms with van der Waals surface area (Å²) in [4.78, 5) is 5.88. The van der Waals surface area contributed by atoms with Crippen LogP contribution in [0.4, 0.5) is 0 Å². The predicted molar refractivity (Wildman–Crippen MR) is 85.3 cm³/mol. The summed E-state index contributed by atoms with van der Waals surface area (Å²) in [5, 5.41) is 4.79. The van der Waals surface area contributed by atoms with Crippen molar-refractivity contribution in [2.45, 2.75) is 52.6 Å². The van der Waals surface area contributed by atoms with Crippen molar-refractivity contribution in [2.24, 2.45) is 0 Å². The number of hydrogen-bond acceptors (Lipinski definition) is 3. The van der Waals surface area contributed by atoms with Gasteiger partial charge in [-0.2, -0.15) is 0 Å². The highest BCUT2D eigenvalue weighted by Gasteiger charge is 2.14. The number of aryl methyl sites for hydroxylation is 4. The molecular formula is C17H22N2S. The number of hydrogen-bond donors (Lipinski definition) is 1. The van der Waals surface area contributed by atoms with E-state index in [2.05, 4.69) is 49.3 Å². The molecule has 0 saturated heterocycles. The molecule has 0 bridgehead atoms. The van der Waals surface area contributed by atoms with E-state index in [0.29, 0.717) is 6.04 Å². The maximum atomic E-state index is 4.51. The molecule has 0 radical (unpaired) electrons. The second-order valence-electron chi connectivity index (χ2n) is 5.74. The van der Waals surface area contributed by atoms with Crippen molar-refractivity contribution in [1.29, 1.82) is 0 Å². The fourth-order valence-corrected chi connectivity index (χ4v) is 4.00. The molecule has 3 rings (SSSR count). The van der Waals surface area contributed by atoms with Crippen molar-refractivity contribution in [2.75, 3.05) is 0 Å². The van der Waals surface area contributed by atoms with Gasteiger partial charge in [0.2, 0.25) is 0 Å². The summed E-state index contributed by atoms with van der Waals surface area (Å²) in [7, 11) is 0. The van der Waals surface area contributed by atoms with E-state index < -0.39 is 0 Å². The first-order valence-corrected chi connectivity index (χ1v) is 8.23. The van der Waals surface area contributed by atoms with Crippen LogP contribution in [0.1, 0.15) is 51.7 Å². The minimum absolute atomic E-state index is 0.370. The van der Waals surface area contributed by atoms with Gasteiger partial charge in [0.15, 0.2) is 0 Å². The Morgan fingerprint density at radius 2 is 2.05 bits per heavy atom. The third kappa shape index (κ3) is 2.79. The van der Waals surface area contributed by atoms with E-state index in [1.54, 1.807) is 22.5 Å². The molecule has 0 saturated carbocycles. The van der Waals surface area contributed by atoms with Crippen LogP contribution in [-0.4, -0.2) is 4.98 Å². The van der Waals surface area contributed by atoms with Crippen molar-refractivity contribution in [1.82, 2.24) is 10.3 Å². The molecule has 1 N–H and O–H groups in total. The Labute approximate surface area is 125 Å². The lowest BCUT2D eigenvalue weighted by molar-refractivity contribution is 0.579. The highest BCUT2D eigenvalue weighted by molar-refractivity contribution is 7.11. The highest BCUT2D eigenvalue weighted by atomic mass is 32.1. The molecule has 2 aromatic rings. The molecule has 1 aromatic heterocycles. The van der Waals surface area contributed by atoms with E-state index >= 15 is 0 Å². The van der Waals surface area contributed by atoms with Gasteiger partial charge in [0, 0.05) is 17.5 Å². The first kappa shape index (κ1) is 13.8. The van der Waals surface area contributed by atoms with Gasteiger partial charge in [0.1, 0.15) is 0 Å². The standard InChI is InChI=1S/C17H22N2S/c1-11(17-12(2)19-13(3)20-17)18-10-14-7-8-15-5-4-6-16(15)9-14/h7-9,11,18H,4-6,10H2,1-3H3. The first-order valence-electron chi connectivity index (χ1n) is 7.41. The Balaban J connectivity index is 1.66. The van der Waals surface area contributed by atoms with Gasteiger partial charge in [-0.05, 0) is 56.7 Å². The topological polar surface area (TPSA) is 24.9 Å². The van der Waals surface area contributed by atoms with E-state index in [0.717, 1.165) is 11.6 Å². The molecule has 0 fully saturated rings. The van der Waals surface area contributed by atoms with E-state index in [9.17, 15) is 0 Å². The molecule has 0 aliphatic heterocycles. The molecule has 1 unspecified atom stereocenters. The van der Waals surface area contributed by atoms with E-state index in [4.69, 9.17) is 0 Å². The van der Waals surface area contributed by atoms with Crippen LogP contribution in [0.3, 0.4) is 0 Å². The van der Waals surface area contributed by atoms with Gasteiger partial charge in [-0.1, -0.05) is 18.2 Å². The van der Waals surface area contributed by atoms with Gasteiger partial charge in [0.25, 0.3) is 0 Å². The molecule has 1 heterocycles. The molecule has 0 amide bonds. The molecule has 0 spiro atoms. The van der Waals surface area contributed by atoms with Gasteiger partial charge in [-0.3, -0.25) is 0 Å². The second-order valence-corrected chi connectivity index (χ2v) is 6.98. The van der Waals surface area contributed by atoms with E-state index in [1.165, 1.54) is 35.4 Å². The van der Waals surface area contributed by atoms with Gasteiger partial charge in [-0.15, -0.1) is 11.3 Å². The Bertz CT molecular complexity index is 615. The maximum absolute atomic E-state index is 4.51. The summed E-state index contributed by atoms with van der Waals surface area (Å²) in [6.07, 6.45) is 3.84. The SMILES string of the molecule is Cc1nc(C)c(C(C)NCc2ccc3c(c2)CCC3)s1. The van der Waals surface area contributed by atoms with Gasteiger partial charge in [-0.25, -0.2) is 4.98 Å². The Morgan fingerprint density at radius 3 is 2.80 bits per heavy atom. The lowest BCUT2D eigenvalue weighted by Crippen LogP contribution is -2.18. The van der Waals surface area contributed by atoms with Crippen molar-refractivity contribution >= 4 is 11.3 Å². The molecule has 1 aliphatic rings. The molecule has 1 aromatic carbocycles. The molecule has 3 heteroatoms. The smallest absolute Gasteiger partial charge is 0.0900 e. The molecule has 20 heavy (non-hydrogen) atoms. The van der Waals surface area contributed by atoms with E-state index in [1.807, 2.05) is 0 Å². The van der Waals surface area contributed by atoms with Gasteiger partial charge >= 0.3 is 0 Å². The Morgan fingerprint density at radius 1 is 1.25 bits per heavy atom. The summed E-state index contributed by atoms with van der Waals surface area (Å²) in [5.74, 6) is 0. The number of nitrogens with one attached hydrogen (secondary N) is 1. The zero-order valence-corrected chi connectivity index (χ0v) is 13.3. The molecule has 1 atom stereocenters. The number of benzene rings is 1. The number of rotatable bonds is 4. The fraction of sp³-hybridized carbons (Fsp3) is 0.471. The van der Waals surface area contributed by atoms with Gasteiger partial charge < -0.3 is 5.32 Å². The minimum atomic E-state index is 0.370. The predicted octanol–water partition coefficient (Wildman–Crippen LogP) is 4.10. The third-order valence-electron chi connectivity index (χ3n) is 4.11. The molecule has 1 aliphatic carbocycles. The average molecular weight is 286 g/mol. The lowest BCUT2D eigenvalue weighted by atomic mass is 10.1. The van der Waals surface area contributed by atoms with Crippen molar-refractivity contribution in [3.63, 3.8) is 0 Å². The van der Waals surface area contributed by atoms with Crippen LogP contribution in [0.25, 0.3) is 0 Å². The third-order valence-corrected chi connectivity index (χ3v) is 5.36. The zero-order valence-electron chi connectivity index (χ0n) is 12.5. The molecular weight excluding hydrogens is 264 g/mol.